The summed E-state index contributed by atoms with van der Waals surface area (Å²) in [5.74, 6) is -0.493. The second-order valence-corrected chi connectivity index (χ2v) is 1.35. The van der Waals surface area contributed by atoms with Crippen molar-refractivity contribution in [3.05, 3.63) is 17.9 Å². The van der Waals surface area contributed by atoms with Crippen molar-refractivity contribution in [1.82, 2.24) is 0 Å². The van der Waals surface area contributed by atoms with E-state index in [0.717, 1.165) is 6.08 Å². The Bertz CT molecular complexity index is 101. The fraction of sp³-hybridized carbons (Fsp3) is 0.400. The summed E-state index contributed by atoms with van der Waals surface area (Å²) >= 11 is 0. The molecule has 46 valence electrons. The van der Waals surface area contributed by atoms with E-state index >= 15 is 0 Å². The summed E-state index contributed by atoms with van der Waals surface area (Å²) in [7, 11) is 0. The van der Waals surface area contributed by atoms with Crippen molar-refractivity contribution in [1.29, 1.82) is 0 Å². The van der Waals surface area contributed by atoms with Crippen molar-refractivity contribution in [2.24, 2.45) is 0 Å². The van der Waals surface area contributed by atoms with E-state index in [1.165, 1.54) is 0 Å². The van der Waals surface area contributed by atoms with E-state index in [1.807, 2.05) is 0 Å². The molecule has 0 rings (SSSR count). The smallest absolute Gasteiger partial charge is 0.336 e. The molecule has 8 heavy (non-hydrogen) atoms. The highest BCUT2D eigenvalue weighted by Gasteiger charge is 1.99. The Morgan fingerprint density at radius 1 is 2.00 bits per heavy atom. The summed E-state index contributed by atoms with van der Waals surface area (Å²) in [5.41, 5.74) is 0. The highest BCUT2D eigenvalue weighted by Crippen LogP contribution is 1.54. The molecule has 1 N–H and O–H groups in total. The third-order valence-corrected chi connectivity index (χ3v) is 0.781. The molecule has 1 unspecified atom stereocenters. The quantitative estimate of drug-likeness (QED) is 0.374. The minimum atomic E-state index is -0.493. The van der Waals surface area contributed by atoms with Gasteiger partial charge in [-0.2, -0.15) is 0 Å². The van der Waals surface area contributed by atoms with Gasteiger partial charge in [-0.1, -0.05) is 6.58 Å². The van der Waals surface area contributed by atoms with Gasteiger partial charge in [-0.05, 0) is 6.92 Å². The predicted octanol–water partition coefficient (Wildman–Crippen LogP) is -0.898. The average Bonchev–Trinajstić information content (AvgIpc) is 1.84. The topological polar surface area (TPSA) is 44.6 Å². The van der Waals surface area contributed by atoms with Gasteiger partial charge in [0.2, 0.25) is 0 Å². The molecule has 1 atom stereocenters. The van der Waals surface area contributed by atoms with Crippen molar-refractivity contribution in [2.45, 2.75) is 6.92 Å². The molecule has 0 aromatic carbocycles. The highest BCUT2D eigenvalue weighted by molar-refractivity contribution is 5.78. The maximum Gasteiger partial charge on any atom is 0.336 e. The van der Waals surface area contributed by atoms with E-state index in [9.17, 15) is 10.0 Å². The molecule has 0 spiro atoms. The molecule has 0 aliphatic rings. The molecule has 0 aromatic rings. The third kappa shape index (κ3) is 1.86. The Morgan fingerprint density at radius 2 is 2.50 bits per heavy atom. The Hall–Kier alpha value is -0.670. The lowest BCUT2D eigenvalue weighted by atomic mass is 10.5. The van der Waals surface area contributed by atoms with E-state index in [-0.39, 0.29) is 11.6 Å². The Labute approximate surface area is 48.2 Å². The Morgan fingerprint density at radius 3 is 2.62 bits per heavy atom. The molecule has 0 saturated carbocycles. The minimum Gasteiger partial charge on any atom is -0.627 e. The van der Waals surface area contributed by atoms with Crippen LogP contribution in [0.5, 0.6) is 0 Å². The number of quaternary nitrogens is 1. The van der Waals surface area contributed by atoms with Crippen LogP contribution in [0.3, 0.4) is 0 Å². The first-order valence-electron chi connectivity index (χ1n) is 2.42. The summed E-state index contributed by atoms with van der Waals surface area (Å²) < 4.78 is 0. The lowest BCUT2D eigenvalue weighted by Crippen LogP contribution is -3.09. The van der Waals surface area contributed by atoms with Crippen LogP contribution in [0.15, 0.2) is 12.7 Å². The number of amides is 1. The van der Waals surface area contributed by atoms with Gasteiger partial charge in [0.25, 0.3) is 0 Å². The van der Waals surface area contributed by atoms with Gasteiger partial charge in [0.15, 0.2) is 0 Å². The van der Waals surface area contributed by atoms with Gasteiger partial charge < -0.3 is 10.3 Å². The summed E-state index contributed by atoms with van der Waals surface area (Å²) in [4.78, 5) is 10.3. The maximum atomic E-state index is 10.3. The van der Waals surface area contributed by atoms with Crippen molar-refractivity contribution in [3.8, 4) is 0 Å². The number of hydroxylamine groups is 2. The lowest BCUT2D eigenvalue weighted by Gasteiger charge is -2.13. The summed E-state index contributed by atoms with van der Waals surface area (Å²) in [6, 6.07) is 0. The highest BCUT2D eigenvalue weighted by atomic mass is 16.5. The fourth-order valence-electron chi connectivity index (χ4n) is 0.288. The number of hydrogen-bond donors (Lipinski definition) is 1. The largest absolute Gasteiger partial charge is 0.627 e. The van der Waals surface area contributed by atoms with Crippen molar-refractivity contribution in [3.63, 3.8) is 0 Å². The van der Waals surface area contributed by atoms with Crippen molar-refractivity contribution in [2.75, 3.05) is 6.54 Å². The second-order valence-electron chi connectivity index (χ2n) is 1.35. The number of rotatable bonds is 2. The van der Waals surface area contributed by atoms with Gasteiger partial charge in [0.05, 0.1) is 6.54 Å². The van der Waals surface area contributed by atoms with Crippen LogP contribution in [-0.4, -0.2) is 12.5 Å². The van der Waals surface area contributed by atoms with Gasteiger partial charge in [0.1, 0.15) is 0 Å². The molecular formula is C5H9NO2. The zero-order valence-electron chi connectivity index (χ0n) is 4.81. The number of carbonyl (C=O) groups excluding carboxylic acids is 1. The summed E-state index contributed by atoms with van der Waals surface area (Å²) in [5, 5.41) is 9.95. The molecule has 0 aliphatic carbocycles. The SMILES string of the molecule is C=CC(=O)[NH+]([O-])CC. The first-order chi connectivity index (χ1) is 3.72. The lowest BCUT2D eigenvalue weighted by molar-refractivity contribution is -0.759. The van der Waals surface area contributed by atoms with E-state index in [4.69, 9.17) is 0 Å². The van der Waals surface area contributed by atoms with E-state index in [0.29, 0.717) is 0 Å². The number of carbonyl (C=O) groups is 1. The number of hydrogen-bond acceptors (Lipinski definition) is 2. The predicted molar refractivity (Wildman–Crippen MR) is 30.1 cm³/mol. The zero-order valence-corrected chi connectivity index (χ0v) is 4.81. The third-order valence-electron chi connectivity index (χ3n) is 0.781. The molecule has 1 amide bonds. The molecule has 0 aliphatic heterocycles. The first-order valence-corrected chi connectivity index (χ1v) is 2.42. The van der Waals surface area contributed by atoms with Crippen LogP contribution in [0.1, 0.15) is 6.92 Å². The van der Waals surface area contributed by atoms with Crippen LogP contribution < -0.4 is 5.06 Å². The van der Waals surface area contributed by atoms with Crippen LogP contribution >= 0.6 is 0 Å². The van der Waals surface area contributed by atoms with Gasteiger partial charge in [-0.25, -0.2) is 4.79 Å². The second kappa shape index (κ2) is 3.35. The average molecular weight is 115 g/mol. The molecular weight excluding hydrogens is 106 g/mol. The van der Waals surface area contributed by atoms with Gasteiger partial charge in [-0.3, -0.25) is 0 Å². The van der Waals surface area contributed by atoms with Crippen LogP contribution in [0, 0.1) is 5.21 Å². The Kier molecular flexibility index (Phi) is 3.07. The van der Waals surface area contributed by atoms with Gasteiger partial charge >= 0.3 is 5.91 Å². The molecule has 0 fully saturated rings. The van der Waals surface area contributed by atoms with Crippen molar-refractivity contribution < 1.29 is 9.86 Å². The van der Waals surface area contributed by atoms with E-state index < -0.39 is 5.91 Å². The first kappa shape index (κ1) is 7.33. The fourth-order valence-corrected chi connectivity index (χ4v) is 0.288. The zero-order chi connectivity index (χ0) is 6.57. The Balaban J connectivity index is 3.62. The minimum absolute atomic E-state index is 0.269. The standard InChI is InChI=1S/C5H9NO2/c1-3-5(7)6(8)4-2/h3,6H,1,4H2,2H3. The van der Waals surface area contributed by atoms with Gasteiger partial charge in [0, 0.05) is 6.08 Å². The van der Waals surface area contributed by atoms with Crippen LogP contribution in [0.25, 0.3) is 0 Å². The van der Waals surface area contributed by atoms with Crippen LogP contribution in [-0.2, 0) is 4.79 Å². The molecule has 0 radical (unpaired) electrons. The summed E-state index contributed by atoms with van der Waals surface area (Å²) in [6.45, 7) is 5.07. The monoisotopic (exact) mass is 115 g/mol. The maximum absolute atomic E-state index is 10.3. The van der Waals surface area contributed by atoms with E-state index in [1.54, 1.807) is 6.92 Å². The number of nitrogens with one attached hydrogen (secondary N) is 1. The molecule has 0 aromatic heterocycles. The van der Waals surface area contributed by atoms with Gasteiger partial charge in [-0.15, -0.1) is 0 Å². The van der Waals surface area contributed by atoms with Crippen LogP contribution in [0.4, 0.5) is 0 Å². The normalized spacial score (nSPS) is 12.8. The van der Waals surface area contributed by atoms with Crippen LogP contribution in [0.2, 0.25) is 0 Å². The molecule has 0 heterocycles. The molecule has 0 bridgehead atoms. The summed E-state index contributed by atoms with van der Waals surface area (Å²) in [6.07, 6.45) is 1.03. The van der Waals surface area contributed by atoms with E-state index in [2.05, 4.69) is 6.58 Å². The molecule has 0 saturated heterocycles. The molecule has 3 nitrogen and oxygen atoms in total. The molecule has 3 heteroatoms. The van der Waals surface area contributed by atoms with Crippen molar-refractivity contribution >= 4 is 5.91 Å². The number of likely N-dealkylation sites (N-methyl/N-ethyl adjacent to an activating group) is 1.